The zero-order chi connectivity index (χ0) is 19.8. The lowest BCUT2D eigenvalue weighted by Gasteiger charge is -2.04. The van der Waals surface area contributed by atoms with Crippen LogP contribution in [0.4, 0.5) is 5.13 Å². The smallest absolute Gasteiger partial charge is 0.252 e. The first-order valence-corrected chi connectivity index (χ1v) is 10.5. The Hall–Kier alpha value is -3.25. The van der Waals surface area contributed by atoms with Crippen LogP contribution in [0.15, 0.2) is 58.7 Å². The molecule has 0 unspecified atom stereocenters. The number of pyridine rings is 1. The highest BCUT2D eigenvalue weighted by atomic mass is 32.1. The number of aromatic amines is 1. The largest absolute Gasteiger partial charge is 0.322 e. The monoisotopic (exact) mass is 401 g/mol. The molecule has 2 aromatic heterocycles. The van der Waals surface area contributed by atoms with Crippen LogP contribution >= 0.6 is 11.3 Å². The number of nitrogens with zero attached hydrogens (tertiary/aromatic N) is 1. The van der Waals surface area contributed by atoms with E-state index in [4.69, 9.17) is 0 Å². The average Bonchev–Trinajstić information content (AvgIpc) is 3.37. The molecule has 0 atom stereocenters. The number of H-pyrrole nitrogens is 1. The first-order valence-electron chi connectivity index (χ1n) is 9.64. The number of thiazole rings is 1. The maximum absolute atomic E-state index is 12.5. The molecule has 0 fully saturated rings. The molecule has 5 nitrogen and oxygen atoms in total. The second kappa shape index (κ2) is 7.29. The Balaban J connectivity index is 1.32. The van der Waals surface area contributed by atoms with Gasteiger partial charge in [-0.3, -0.25) is 9.59 Å². The minimum absolute atomic E-state index is 0.00786. The zero-order valence-corrected chi connectivity index (χ0v) is 16.5. The number of hydrogen-bond donors (Lipinski definition) is 2. The predicted octanol–water partition coefficient (Wildman–Crippen LogP) is 4.32. The van der Waals surface area contributed by atoms with Crippen molar-refractivity contribution in [1.29, 1.82) is 0 Å². The van der Waals surface area contributed by atoms with Gasteiger partial charge >= 0.3 is 0 Å². The number of hydrogen-bond acceptors (Lipinski definition) is 4. The summed E-state index contributed by atoms with van der Waals surface area (Å²) in [4.78, 5) is 32.1. The Bertz CT molecular complexity index is 1290. The lowest BCUT2D eigenvalue weighted by molar-refractivity contribution is -0.115. The molecule has 0 aliphatic heterocycles. The maximum atomic E-state index is 12.5. The number of fused-ring (bicyclic) bond motifs is 2. The van der Waals surface area contributed by atoms with Crippen molar-refractivity contribution < 1.29 is 4.79 Å². The van der Waals surface area contributed by atoms with Gasteiger partial charge in [-0.2, -0.15) is 0 Å². The van der Waals surface area contributed by atoms with Gasteiger partial charge in [0, 0.05) is 22.0 Å². The van der Waals surface area contributed by atoms with Crippen LogP contribution < -0.4 is 10.9 Å². The number of rotatable bonds is 4. The Labute approximate surface area is 171 Å². The number of carbonyl (C=O) groups is 1. The number of para-hydroxylation sites is 1. The van der Waals surface area contributed by atoms with Crippen molar-refractivity contribution in [3.05, 3.63) is 81.0 Å². The Morgan fingerprint density at radius 2 is 1.97 bits per heavy atom. The molecular weight excluding hydrogens is 382 g/mol. The van der Waals surface area contributed by atoms with E-state index < -0.39 is 0 Å². The summed E-state index contributed by atoms with van der Waals surface area (Å²) in [6.07, 6.45) is 3.50. The maximum Gasteiger partial charge on any atom is 0.252 e. The van der Waals surface area contributed by atoms with Gasteiger partial charge in [-0.05, 0) is 54.0 Å². The van der Waals surface area contributed by atoms with Crippen LogP contribution in [0.25, 0.3) is 22.2 Å². The quantitative estimate of drug-likeness (QED) is 0.535. The molecule has 0 saturated carbocycles. The third-order valence-electron chi connectivity index (χ3n) is 5.33. The summed E-state index contributed by atoms with van der Waals surface area (Å²) >= 11 is 1.39. The van der Waals surface area contributed by atoms with E-state index >= 15 is 0 Å². The summed E-state index contributed by atoms with van der Waals surface area (Å²) in [6.45, 7) is 0. The van der Waals surface area contributed by atoms with Crippen LogP contribution in [0, 0.1) is 0 Å². The number of nitrogens with one attached hydrogen (secondary N) is 2. The standard InChI is InChI=1S/C23H19N3O2S/c27-21(12-18-11-16-4-1-2-7-19(16)24-22(18)28)26-23-25-20(13-29-23)17-9-8-14-5-3-6-15(14)10-17/h1-2,4,7-11,13H,3,5-6,12H2,(H,24,28)(H,25,26,27). The number of aryl methyl sites for hydroxylation is 2. The first-order chi connectivity index (χ1) is 14.2. The number of benzene rings is 2. The van der Waals surface area contributed by atoms with Crippen molar-refractivity contribution in [3.63, 3.8) is 0 Å². The van der Waals surface area contributed by atoms with Gasteiger partial charge in [-0.15, -0.1) is 11.3 Å². The molecule has 1 amide bonds. The Morgan fingerprint density at radius 1 is 1.10 bits per heavy atom. The molecule has 6 heteroatoms. The van der Waals surface area contributed by atoms with Gasteiger partial charge in [0.2, 0.25) is 5.91 Å². The Morgan fingerprint density at radius 3 is 2.90 bits per heavy atom. The summed E-state index contributed by atoms with van der Waals surface area (Å²) in [7, 11) is 0. The summed E-state index contributed by atoms with van der Waals surface area (Å²) in [5.74, 6) is -0.249. The van der Waals surface area contributed by atoms with E-state index in [1.54, 1.807) is 6.07 Å². The van der Waals surface area contributed by atoms with E-state index in [1.165, 1.54) is 28.9 Å². The number of anilines is 1. The van der Waals surface area contributed by atoms with E-state index in [1.807, 2.05) is 29.6 Å². The summed E-state index contributed by atoms with van der Waals surface area (Å²) in [6, 6.07) is 15.8. The van der Waals surface area contributed by atoms with Gasteiger partial charge in [0.25, 0.3) is 5.56 Å². The summed E-state index contributed by atoms with van der Waals surface area (Å²) < 4.78 is 0. The third-order valence-corrected chi connectivity index (χ3v) is 6.08. The second-order valence-electron chi connectivity index (χ2n) is 7.31. The molecular formula is C23H19N3O2S. The molecule has 0 saturated heterocycles. The topological polar surface area (TPSA) is 74.8 Å². The van der Waals surface area contributed by atoms with Crippen molar-refractivity contribution in [2.24, 2.45) is 0 Å². The molecule has 1 aliphatic rings. The highest BCUT2D eigenvalue weighted by molar-refractivity contribution is 7.14. The van der Waals surface area contributed by atoms with E-state index in [0.717, 1.165) is 35.0 Å². The average molecular weight is 401 g/mol. The number of amides is 1. The van der Waals surface area contributed by atoms with Crippen LogP contribution in [0.2, 0.25) is 0 Å². The van der Waals surface area contributed by atoms with E-state index in [-0.39, 0.29) is 17.9 Å². The fourth-order valence-corrected chi connectivity index (χ4v) is 4.59. The highest BCUT2D eigenvalue weighted by Crippen LogP contribution is 2.30. The van der Waals surface area contributed by atoms with Crippen molar-refractivity contribution in [2.75, 3.05) is 5.32 Å². The summed E-state index contributed by atoms with van der Waals surface area (Å²) in [5, 5.41) is 6.23. The van der Waals surface area contributed by atoms with Gasteiger partial charge in [-0.25, -0.2) is 4.98 Å². The van der Waals surface area contributed by atoms with Crippen molar-refractivity contribution in [3.8, 4) is 11.3 Å². The molecule has 1 aliphatic carbocycles. The zero-order valence-electron chi connectivity index (χ0n) is 15.7. The normalized spacial score (nSPS) is 12.8. The van der Waals surface area contributed by atoms with Crippen LogP contribution in [0.3, 0.4) is 0 Å². The van der Waals surface area contributed by atoms with Gasteiger partial charge in [0.05, 0.1) is 12.1 Å². The lowest BCUT2D eigenvalue weighted by atomic mass is 10.1. The fraction of sp³-hybridized carbons (Fsp3) is 0.174. The van der Waals surface area contributed by atoms with Gasteiger partial charge in [0.15, 0.2) is 5.13 Å². The molecule has 0 spiro atoms. The molecule has 5 rings (SSSR count). The number of aromatic nitrogens is 2. The van der Waals surface area contributed by atoms with Crippen LogP contribution in [-0.4, -0.2) is 15.9 Å². The molecule has 0 bridgehead atoms. The molecule has 2 heterocycles. The van der Waals surface area contributed by atoms with Gasteiger partial charge < -0.3 is 10.3 Å². The third kappa shape index (κ3) is 3.59. The molecule has 144 valence electrons. The molecule has 4 aromatic rings. The van der Waals surface area contributed by atoms with E-state index in [9.17, 15) is 9.59 Å². The number of carbonyl (C=O) groups excluding carboxylic acids is 1. The fourth-order valence-electron chi connectivity index (χ4n) is 3.86. The highest BCUT2D eigenvalue weighted by Gasteiger charge is 2.14. The molecule has 2 N–H and O–H groups in total. The SMILES string of the molecule is O=C(Cc1cc2ccccc2[nH]c1=O)Nc1nc(-c2ccc3c(c2)CCC3)cs1. The summed E-state index contributed by atoms with van der Waals surface area (Å²) in [5.41, 5.74) is 5.74. The predicted molar refractivity (Wildman–Crippen MR) is 116 cm³/mol. The van der Waals surface area contributed by atoms with E-state index in [2.05, 4.69) is 33.5 Å². The molecule has 0 radical (unpaired) electrons. The minimum Gasteiger partial charge on any atom is -0.322 e. The van der Waals surface area contributed by atoms with Crippen LogP contribution in [-0.2, 0) is 24.1 Å². The Kier molecular flexibility index (Phi) is 4.48. The van der Waals surface area contributed by atoms with Crippen LogP contribution in [0.5, 0.6) is 0 Å². The van der Waals surface area contributed by atoms with Crippen molar-refractivity contribution in [2.45, 2.75) is 25.7 Å². The minimum atomic E-state index is -0.249. The molecule has 2 aromatic carbocycles. The van der Waals surface area contributed by atoms with Gasteiger partial charge in [0.1, 0.15) is 0 Å². The lowest BCUT2D eigenvalue weighted by Crippen LogP contribution is -2.20. The van der Waals surface area contributed by atoms with Crippen molar-refractivity contribution in [1.82, 2.24) is 9.97 Å². The van der Waals surface area contributed by atoms with Crippen molar-refractivity contribution >= 4 is 33.3 Å². The first kappa shape index (κ1) is 17.8. The second-order valence-corrected chi connectivity index (χ2v) is 8.17. The van der Waals surface area contributed by atoms with Gasteiger partial charge in [-0.1, -0.05) is 30.3 Å². The van der Waals surface area contributed by atoms with E-state index in [0.29, 0.717) is 10.7 Å². The molecule has 29 heavy (non-hydrogen) atoms. The van der Waals surface area contributed by atoms with Crippen LogP contribution in [0.1, 0.15) is 23.1 Å².